The van der Waals surface area contributed by atoms with Crippen molar-refractivity contribution >= 4 is 17.3 Å². The second-order valence-corrected chi connectivity index (χ2v) is 3.36. The first kappa shape index (κ1) is 9.74. The van der Waals surface area contributed by atoms with Crippen LogP contribution in [0, 0.1) is 0 Å². The Balaban J connectivity index is 2.30. The molecule has 0 atom stereocenters. The van der Waals surface area contributed by atoms with Gasteiger partial charge in [0.05, 0.1) is 6.10 Å². The number of ether oxygens (including phenoxy) is 1. The molecule has 0 aromatic heterocycles. The molecule has 1 saturated heterocycles. The van der Waals surface area contributed by atoms with E-state index in [9.17, 15) is 0 Å². The number of rotatable bonds is 1. The number of nitrogens with one attached hydrogen (secondary N) is 1. The van der Waals surface area contributed by atoms with Crippen LogP contribution in [0.3, 0.4) is 0 Å². The SMILES string of the molecule is CNC(=S)N1CCC(OC)CC1. The van der Waals surface area contributed by atoms with Crippen molar-refractivity contribution in [3.05, 3.63) is 0 Å². The van der Waals surface area contributed by atoms with Crippen molar-refractivity contribution in [2.24, 2.45) is 0 Å². The monoisotopic (exact) mass is 188 g/mol. The van der Waals surface area contributed by atoms with Crippen LogP contribution in [0.15, 0.2) is 0 Å². The standard InChI is InChI=1S/C8H16N2OS/c1-9-8(12)10-5-3-7(11-2)4-6-10/h7H,3-6H2,1-2H3,(H,9,12). The molecule has 12 heavy (non-hydrogen) atoms. The molecule has 1 heterocycles. The lowest BCUT2D eigenvalue weighted by Crippen LogP contribution is -2.44. The molecular weight excluding hydrogens is 172 g/mol. The third-order valence-electron chi connectivity index (χ3n) is 2.28. The summed E-state index contributed by atoms with van der Waals surface area (Å²) >= 11 is 5.12. The Kier molecular flexibility index (Phi) is 3.75. The van der Waals surface area contributed by atoms with Crippen molar-refractivity contribution in [1.29, 1.82) is 0 Å². The van der Waals surface area contributed by atoms with Crippen LogP contribution < -0.4 is 5.32 Å². The summed E-state index contributed by atoms with van der Waals surface area (Å²) in [5.74, 6) is 0. The molecule has 0 saturated carbocycles. The number of piperidine rings is 1. The average molecular weight is 188 g/mol. The van der Waals surface area contributed by atoms with E-state index >= 15 is 0 Å². The highest BCUT2D eigenvalue weighted by Gasteiger charge is 2.19. The van der Waals surface area contributed by atoms with E-state index in [1.807, 2.05) is 7.05 Å². The van der Waals surface area contributed by atoms with Crippen molar-refractivity contribution in [3.63, 3.8) is 0 Å². The van der Waals surface area contributed by atoms with E-state index in [2.05, 4.69) is 10.2 Å². The van der Waals surface area contributed by atoms with Gasteiger partial charge in [0.15, 0.2) is 5.11 Å². The molecule has 3 nitrogen and oxygen atoms in total. The summed E-state index contributed by atoms with van der Waals surface area (Å²) in [4.78, 5) is 2.19. The minimum atomic E-state index is 0.431. The molecule has 1 aliphatic heterocycles. The molecule has 0 aromatic rings. The van der Waals surface area contributed by atoms with Gasteiger partial charge in [-0.25, -0.2) is 0 Å². The van der Waals surface area contributed by atoms with Gasteiger partial charge < -0.3 is 15.0 Å². The van der Waals surface area contributed by atoms with E-state index in [1.165, 1.54) is 0 Å². The molecule has 4 heteroatoms. The van der Waals surface area contributed by atoms with Gasteiger partial charge in [-0.1, -0.05) is 0 Å². The number of hydrogen-bond donors (Lipinski definition) is 1. The fourth-order valence-corrected chi connectivity index (χ4v) is 1.64. The van der Waals surface area contributed by atoms with Gasteiger partial charge in [0.2, 0.25) is 0 Å². The Morgan fingerprint density at radius 2 is 2.08 bits per heavy atom. The van der Waals surface area contributed by atoms with Crippen LogP contribution in [0.2, 0.25) is 0 Å². The summed E-state index contributed by atoms with van der Waals surface area (Å²) < 4.78 is 5.26. The minimum absolute atomic E-state index is 0.431. The van der Waals surface area contributed by atoms with Gasteiger partial charge in [-0.05, 0) is 25.1 Å². The third kappa shape index (κ3) is 2.32. The Bertz CT molecular complexity index is 155. The first-order chi connectivity index (χ1) is 5.77. The van der Waals surface area contributed by atoms with Crippen molar-refractivity contribution in [1.82, 2.24) is 10.2 Å². The van der Waals surface area contributed by atoms with Gasteiger partial charge >= 0.3 is 0 Å². The summed E-state index contributed by atoms with van der Waals surface area (Å²) in [6.07, 6.45) is 2.59. The normalized spacial score (nSPS) is 19.3. The summed E-state index contributed by atoms with van der Waals surface area (Å²) in [6, 6.07) is 0. The van der Waals surface area contributed by atoms with Gasteiger partial charge in [-0.2, -0.15) is 0 Å². The average Bonchev–Trinajstić information content (AvgIpc) is 2.17. The lowest BCUT2D eigenvalue weighted by atomic mass is 10.1. The highest BCUT2D eigenvalue weighted by atomic mass is 32.1. The highest BCUT2D eigenvalue weighted by molar-refractivity contribution is 7.80. The molecule has 0 bridgehead atoms. The van der Waals surface area contributed by atoms with Crippen molar-refractivity contribution < 1.29 is 4.74 Å². The fraction of sp³-hybridized carbons (Fsp3) is 0.875. The maximum atomic E-state index is 5.26. The van der Waals surface area contributed by atoms with Crippen LogP contribution in [-0.4, -0.2) is 43.4 Å². The molecule has 0 amide bonds. The number of hydrogen-bond acceptors (Lipinski definition) is 2. The number of thiocarbonyl (C=S) groups is 1. The quantitative estimate of drug-likeness (QED) is 0.609. The molecule has 1 rings (SSSR count). The third-order valence-corrected chi connectivity index (χ3v) is 2.74. The van der Waals surface area contributed by atoms with Gasteiger partial charge in [-0.15, -0.1) is 0 Å². The fourth-order valence-electron chi connectivity index (χ4n) is 1.45. The first-order valence-corrected chi connectivity index (χ1v) is 4.68. The summed E-state index contributed by atoms with van der Waals surface area (Å²) in [7, 11) is 3.64. The maximum absolute atomic E-state index is 5.26. The van der Waals surface area contributed by atoms with Crippen LogP contribution in [0.4, 0.5) is 0 Å². The van der Waals surface area contributed by atoms with E-state index < -0.39 is 0 Å². The molecule has 0 aromatic carbocycles. The van der Waals surface area contributed by atoms with E-state index in [4.69, 9.17) is 17.0 Å². The van der Waals surface area contributed by atoms with Crippen LogP contribution in [0.1, 0.15) is 12.8 Å². The molecule has 0 radical (unpaired) electrons. The van der Waals surface area contributed by atoms with Gasteiger partial charge in [0, 0.05) is 27.2 Å². The Hall–Kier alpha value is -0.350. The molecule has 1 N–H and O–H groups in total. The van der Waals surface area contributed by atoms with Crippen LogP contribution >= 0.6 is 12.2 Å². The van der Waals surface area contributed by atoms with Crippen molar-refractivity contribution in [2.75, 3.05) is 27.2 Å². The summed E-state index contributed by atoms with van der Waals surface area (Å²) in [5, 5.41) is 3.84. The van der Waals surface area contributed by atoms with Gasteiger partial charge in [0.1, 0.15) is 0 Å². The lowest BCUT2D eigenvalue weighted by molar-refractivity contribution is 0.0578. The van der Waals surface area contributed by atoms with E-state index in [1.54, 1.807) is 7.11 Å². The zero-order chi connectivity index (χ0) is 8.97. The number of likely N-dealkylation sites (tertiary alicyclic amines) is 1. The molecule has 1 fully saturated rings. The Labute approximate surface area is 79.1 Å². The number of nitrogens with zero attached hydrogens (tertiary/aromatic N) is 1. The zero-order valence-corrected chi connectivity index (χ0v) is 8.49. The van der Waals surface area contributed by atoms with Gasteiger partial charge in [0.25, 0.3) is 0 Å². The molecule has 70 valence electrons. The Morgan fingerprint density at radius 3 is 2.50 bits per heavy atom. The van der Waals surface area contributed by atoms with Crippen molar-refractivity contribution in [3.8, 4) is 0 Å². The van der Waals surface area contributed by atoms with E-state index in [0.29, 0.717) is 6.10 Å². The van der Waals surface area contributed by atoms with Crippen molar-refractivity contribution in [2.45, 2.75) is 18.9 Å². The molecule has 0 aliphatic carbocycles. The van der Waals surface area contributed by atoms with Crippen LogP contribution in [0.5, 0.6) is 0 Å². The van der Waals surface area contributed by atoms with Gasteiger partial charge in [-0.3, -0.25) is 0 Å². The molecular formula is C8H16N2OS. The lowest BCUT2D eigenvalue weighted by Gasteiger charge is -2.32. The Morgan fingerprint density at radius 1 is 1.50 bits per heavy atom. The minimum Gasteiger partial charge on any atom is -0.381 e. The second-order valence-electron chi connectivity index (χ2n) is 2.98. The number of methoxy groups -OCH3 is 1. The first-order valence-electron chi connectivity index (χ1n) is 4.27. The second kappa shape index (κ2) is 4.62. The predicted molar refractivity (Wildman–Crippen MR) is 53.3 cm³/mol. The van der Waals surface area contributed by atoms with E-state index in [0.717, 1.165) is 31.0 Å². The predicted octanol–water partition coefficient (Wildman–Crippen LogP) is 0.601. The largest absolute Gasteiger partial charge is 0.381 e. The molecule has 1 aliphatic rings. The zero-order valence-electron chi connectivity index (χ0n) is 7.67. The summed E-state index contributed by atoms with van der Waals surface area (Å²) in [6.45, 7) is 2.02. The van der Waals surface area contributed by atoms with Crippen LogP contribution in [-0.2, 0) is 4.74 Å². The molecule has 0 unspecified atom stereocenters. The summed E-state index contributed by atoms with van der Waals surface area (Å²) in [5.41, 5.74) is 0. The van der Waals surface area contributed by atoms with E-state index in [-0.39, 0.29) is 0 Å². The van der Waals surface area contributed by atoms with Crippen LogP contribution in [0.25, 0.3) is 0 Å². The highest BCUT2D eigenvalue weighted by Crippen LogP contribution is 2.12. The maximum Gasteiger partial charge on any atom is 0.168 e. The molecule has 0 spiro atoms. The topological polar surface area (TPSA) is 24.5 Å². The smallest absolute Gasteiger partial charge is 0.168 e.